The Morgan fingerprint density at radius 3 is 2.29 bits per heavy atom. The van der Waals surface area contributed by atoms with E-state index in [9.17, 15) is 18.0 Å². The zero-order chi connectivity index (χ0) is 23.0. The fourth-order valence-electron chi connectivity index (χ4n) is 2.79. The molecular formula is C22H29N3O5S. The van der Waals surface area contributed by atoms with Gasteiger partial charge in [0, 0.05) is 6.04 Å². The summed E-state index contributed by atoms with van der Waals surface area (Å²) < 4.78 is 31.0. The van der Waals surface area contributed by atoms with Gasteiger partial charge in [-0.2, -0.15) is 0 Å². The minimum absolute atomic E-state index is 0.0170. The predicted octanol–water partition coefficient (Wildman–Crippen LogP) is 3.02. The highest BCUT2D eigenvalue weighted by molar-refractivity contribution is 7.92. The highest BCUT2D eigenvalue weighted by Gasteiger charge is 2.22. The second kappa shape index (κ2) is 10.8. The zero-order valence-corrected chi connectivity index (χ0v) is 19.0. The molecule has 0 saturated carbocycles. The molecule has 0 aliphatic heterocycles. The lowest BCUT2D eigenvalue weighted by molar-refractivity contribution is -0.114. The number of para-hydroxylation sites is 1. The van der Waals surface area contributed by atoms with E-state index in [0.717, 1.165) is 17.0 Å². The molecule has 0 heterocycles. The lowest BCUT2D eigenvalue weighted by Crippen LogP contribution is -2.38. The third kappa shape index (κ3) is 6.99. The summed E-state index contributed by atoms with van der Waals surface area (Å²) in [4.78, 5) is 25.2. The average molecular weight is 448 g/mol. The molecule has 2 rings (SSSR count). The van der Waals surface area contributed by atoms with Crippen LogP contribution in [0.3, 0.4) is 0 Å². The highest BCUT2D eigenvalue weighted by atomic mass is 32.2. The van der Waals surface area contributed by atoms with Crippen molar-refractivity contribution in [2.45, 2.75) is 33.2 Å². The summed E-state index contributed by atoms with van der Waals surface area (Å²) in [5.74, 6) is -0.273. The van der Waals surface area contributed by atoms with Crippen LogP contribution in [0.2, 0.25) is 0 Å². The lowest BCUT2D eigenvalue weighted by atomic mass is 10.1. The van der Waals surface area contributed by atoms with E-state index >= 15 is 0 Å². The largest absolute Gasteiger partial charge is 0.494 e. The van der Waals surface area contributed by atoms with Crippen molar-refractivity contribution in [2.75, 3.05) is 29.0 Å². The molecule has 9 heteroatoms. The molecule has 0 aliphatic carbocycles. The van der Waals surface area contributed by atoms with Crippen molar-refractivity contribution in [1.29, 1.82) is 0 Å². The van der Waals surface area contributed by atoms with E-state index in [0.29, 0.717) is 29.3 Å². The van der Waals surface area contributed by atoms with Crippen LogP contribution in [0.25, 0.3) is 0 Å². The highest BCUT2D eigenvalue weighted by Crippen LogP contribution is 2.22. The van der Waals surface area contributed by atoms with Gasteiger partial charge in [0.2, 0.25) is 15.9 Å². The fourth-order valence-corrected chi connectivity index (χ4v) is 3.65. The Kier molecular flexibility index (Phi) is 8.44. The molecule has 2 amide bonds. The van der Waals surface area contributed by atoms with Gasteiger partial charge in [0.15, 0.2) is 0 Å². The van der Waals surface area contributed by atoms with E-state index in [-0.39, 0.29) is 11.9 Å². The molecule has 0 fully saturated rings. The molecule has 0 saturated heterocycles. The third-order valence-corrected chi connectivity index (χ3v) is 5.70. The van der Waals surface area contributed by atoms with Gasteiger partial charge in [0.1, 0.15) is 12.3 Å². The molecule has 168 valence electrons. The summed E-state index contributed by atoms with van der Waals surface area (Å²) in [6, 6.07) is 13.0. The molecule has 0 aromatic heterocycles. The van der Waals surface area contributed by atoms with E-state index in [4.69, 9.17) is 4.74 Å². The van der Waals surface area contributed by atoms with Gasteiger partial charge in [0.05, 0.1) is 29.8 Å². The number of ether oxygens (including phenoxy) is 1. The maximum atomic E-state index is 12.7. The van der Waals surface area contributed by atoms with Crippen molar-refractivity contribution in [3.8, 4) is 5.75 Å². The summed E-state index contributed by atoms with van der Waals surface area (Å²) in [6.45, 7) is 5.75. The van der Waals surface area contributed by atoms with Crippen molar-refractivity contribution in [3.05, 3.63) is 54.1 Å². The molecular weight excluding hydrogens is 418 g/mol. The molecule has 0 radical (unpaired) electrons. The van der Waals surface area contributed by atoms with Crippen molar-refractivity contribution >= 4 is 33.2 Å². The summed E-state index contributed by atoms with van der Waals surface area (Å²) >= 11 is 0. The number of hydrogen-bond acceptors (Lipinski definition) is 5. The number of carbonyl (C=O) groups excluding carboxylic acids is 2. The Morgan fingerprint density at radius 1 is 1.06 bits per heavy atom. The van der Waals surface area contributed by atoms with E-state index in [2.05, 4.69) is 10.6 Å². The summed E-state index contributed by atoms with van der Waals surface area (Å²) in [5.41, 5.74) is 0.959. The summed E-state index contributed by atoms with van der Waals surface area (Å²) in [7, 11) is -3.72. The van der Waals surface area contributed by atoms with Crippen molar-refractivity contribution in [1.82, 2.24) is 5.32 Å². The van der Waals surface area contributed by atoms with Crippen LogP contribution in [-0.4, -0.2) is 45.7 Å². The van der Waals surface area contributed by atoms with Crippen molar-refractivity contribution in [3.63, 3.8) is 0 Å². The van der Waals surface area contributed by atoms with Crippen LogP contribution in [0.1, 0.15) is 37.6 Å². The Labute approximate surface area is 183 Å². The van der Waals surface area contributed by atoms with Gasteiger partial charge in [-0.3, -0.25) is 13.9 Å². The van der Waals surface area contributed by atoms with Crippen LogP contribution in [0.15, 0.2) is 48.5 Å². The second-order valence-corrected chi connectivity index (χ2v) is 8.98. The first-order valence-electron chi connectivity index (χ1n) is 10.1. The van der Waals surface area contributed by atoms with Gasteiger partial charge in [-0.25, -0.2) is 8.42 Å². The van der Waals surface area contributed by atoms with E-state index in [1.165, 1.54) is 0 Å². The summed E-state index contributed by atoms with van der Waals surface area (Å²) in [5, 5.41) is 5.51. The minimum Gasteiger partial charge on any atom is -0.494 e. The van der Waals surface area contributed by atoms with Gasteiger partial charge in [-0.1, -0.05) is 19.1 Å². The first-order chi connectivity index (χ1) is 14.7. The molecule has 0 unspecified atom stereocenters. The van der Waals surface area contributed by atoms with Gasteiger partial charge in [-0.05, 0) is 56.7 Å². The maximum Gasteiger partial charge on any atom is 0.253 e. The Balaban J connectivity index is 2.20. The lowest BCUT2D eigenvalue weighted by Gasteiger charge is -2.22. The topological polar surface area (TPSA) is 105 Å². The van der Waals surface area contributed by atoms with Gasteiger partial charge >= 0.3 is 0 Å². The normalized spacial score (nSPS) is 12.0. The van der Waals surface area contributed by atoms with Crippen LogP contribution in [0, 0.1) is 0 Å². The molecule has 1 atom stereocenters. The number of nitrogens with zero attached hydrogens (tertiary/aromatic N) is 1. The number of sulfonamides is 1. The number of amides is 2. The van der Waals surface area contributed by atoms with Crippen LogP contribution < -0.4 is 19.7 Å². The molecule has 0 spiro atoms. The molecule has 8 nitrogen and oxygen atoms in total. The predicted molar refractivity (Wildman–Crippen MR) is 122 cm³/mol. The molecule has 2 aromatic carbocycles. The minimum atomic E-state index is -3.72. The first kappa shape index (κ1) is 24.2. The maximum absolute atomic E-state index is 12.7. The van der Waals surface area contributed by atoms with Crippen LogP contribution in [0.4, 0.5) is 11.4 Å². The van der Waals surface area contributed by atoms with Crippen molar-refractivity contribution in [2.24, 2.45) is 0 Å². The second-order valence-electron chi connectivity index (χ2n) is 7.07. The van der Waals surface area contributed by atoms with E-state index in [1.807, 2.05) is 20.8 Å². The van der Waals surface area contributed by atoms with Crippen LogP contribution in [0.5, 0.6) is 5.75 Å². The van der Waals surface area contributed by atoms with Crippen molar-refractivity contribution < 1.29 is 22.7 Å². The SMILES string of the molecule is CCOc1ccc(N(CC(=O)Nc2ccccc2C(=O)N[C@@H](C)CC)S(C)(=O)=O)cc1. The average Bonchev–Trinajstić information content (AvgIpc) is 2.72. The fraction of sp³-hybridized carbons (Fsp3) is 0.364. The van der Waals surface area contributed by atoms with E-state index < -0.39 is 22.5 Å². The summed E-state index contributed by atoms with van der Waals surface area (Å²) in [6.07, 6.45) is 1.80. The van der Waals surface area contributed by atoms with Crippen LogP contribution >= 0.6 is 0 Å². The quantitative estimate of drug-likeness (QED) is 0.583. The molecule has 0 aliphatic rings. The Morgan fingerprint density at radius 2 is 1.71 bits per heavy atom. The number of benzene rings is 2. The molecule has 0 bridgehead atoms. The Hall–Kier alpha value is -3.07. The number of nitrogens with one attached hydrogen (secondary N) is 2. The number of hydrogen-bond donors (Lipinski definition) is 2. The molecule has 2 N–H and O–H groups in total. The van der Waals surface area contributed by atoms with E-state index in [1.54, 1.807) is 48.5 Å². The zero-order valence-electron chi connectivity index (χ0n) is 18.2. The van der Waals surface area contributed by atoms with Gasteiger partial charge < -0.3 is 15.4 Å². The monoisotopic (exact) mass is 447 g/mol. The molecule has 31 heavy (non-hydrogen) atoms. The Bertz CT molecular complexity index is 1010. The molecule has 2 aromatic rings. The standard InChI is InChI=1S/C22H29N3O5S/c1-5-16(3)23-22(27)19-9-7-8-10-20(19)24-21(26)15-25(31(4,28)29)17-11-13-18(14-12-17)30-6-2/h7-14,16H,5-6,15H2,1-4H3,(H,23,27)(H,24,26)/t16-/m0/s1. The number of rotatable bonds is 10. The first-order valence-corrected chi connectivity index (χ1v) is 11.9. The number of carbonyl (C=O) groups is 2. The van der Waals surface area contributed by atoms with Gasteiger partial charge in [0.25, 0.3) is 5.91 Å². The smallest absolute Gasteiger partial charge is 0.253 e. The van der Waals surface area contributed by atoms with Crippen LogP contribution in [-0.2, 0) is 14.8 Å². The number of anilines is 2. The van der Waals surface area contributed by atoms with Gasteiger partial charge in [-0.15, -0.1) is 0 Å². The third-order valence-electron chi connectivity index (χ3n) is 4.56.